The van der Waals surface area contributed by atoms with Gasteiger partial charge in [0, 0.05) is 45.3 Å². The van der Waals surface area contributed by atoms with Crippen molar-refractivity contribution in [2.75, 3.05) is 37.6 Å². The molecule has 0 unspecified atom stereocenters. The Labute approximate surface area is 163 Å². The zero-order valence-electron chi connectivity index (χ0n) is 15.2. The van der Waals surface area contributed by atoms with Crippen molar-refractivity contribution in [1.29, 1.82) is 0 Å². The Kier molecular flexibility index (Phi) is 4.76. The number of hydrogen-bond acceptors (Lipinski definition) is 6. The molecule has 2 aromatic rings. The van der Waals surface area contributed by atoms with E-state index >= 15 is 0 Å². The minimum absolute atomic E-state index is 0.0106. The van der Waals surface area contributed by atoms with Crippen molar-refractivity contribution in [2.45, 2.75) is 11.3 Å². The second-order valence-electron chi connectivity index (χ2n) is 6.68. The number of fused-ring (bicyclic) bond motifs is 1. The normalized spacial score (nSPS) is 18.3. The molecular weight excluding hydrogens is 380 g/mol. The zero-order chi connectivity index (χ0) is 19.7. The van der Waals surface area contributed by atoms with Gasteiger partial charge in [-0.3, -0.25) is 9.59 Å². The van der Waals surface area contributed by atoms with Crippen LogP contribution in [0.5, 0.6) is 0 Å². The number of nitrogens with zero attached hydrogens (tertiary/aromatic N) is 4. The second kappa shape index (κ2) is 7.23. The number of rotatable bonds is 4. The first-order valence-corrected chi connectivity index (χ1v) is 10.5. The van der Waals surface area contributed by atoms with Crippen LogP contribution in [0.1, 0.15) is 16.8 Å². The van der Waals surface area contributed by atoms with E-state index < -0.39 is 15.9 Å². The van der Waals surface area contributed by atoms with Crippen LogP contribution in [-0.4, -0.2) is 67.1 Å². The number of pyridine rings is 1. The van der Waals surface area contributed by atoms with Crippen molar-refractivity contribution in [1.82, 2.24) is 14.2 Å². The van der Waals surface area contributed by atoms with E-state index in [-0.39, 0.29) is 29.3 Å². The highest BCUT2D eigenvalue weighted by atomic mass is 32.2. The van der Waals surface area contributed by atoms with Crippen LogP contribution >= 0.6 is 0 Å². The van der Waals surface area contributed by atoms with Gasteiger partial charge in [0.25, 0.3) is 15.9 Å². The Morgan fingerprint density at radius 1 is 1.00 bits per heavy atom. The molecule has 1 fully saturated rings. The van der Waals surface area contributed by atoms with Crippen LogP contribution in [0.25, 0.3) is 0 Å². The predicted molar refractivity (Wildman–Crippen MR) is 102 cm³/mol. The minimum Gasteiger partial charge on any atom is -0.353 e. The Hall–Kier alpha value is -2.94. The van der Waals surface area contributed by atoms with Gasteiger partial charge in [0.05, 0.1) is 5.56 Å². The molecule has 9 heteroatoms. The standard InChI is InChI=1S/C19H20N4O4S/c24-18(22-13-11-21(12-14-22)17-7-3-4-9-20-17)8-10-23-19(25)15-5-1-2-6-16(15)28(23,26)27/h1-7,9H,8,10-14H2. The van der Waals surface area contributed by atoms with E-state index in [9.17, 15) is 18.0 Å². The Bertz CT molecular complexity index is 1000. The number of carbonyl (C=O) groups is 2. The molecular formula is C19H20N4O4S. The van der Waals surface area contributed by atoms with E-state index in [1.54, 1.807) is 23.2 Å². The third-order valence-electron chi connectivity index (χ3n) is 5.05. The summed E-state index contributed by atoms with van der Waals surface area (Å²) in [4.78, 5) is 33.1. The fraction of sp³-hybridized carbons (Fsp3) is 0.316. The van der Waals surface area contributed by atoms with Gasteiger partial charge in [-0.25, -0.2) is 17.7 Å². The highest BCUT2D eigenvalue weighted by Crippen LogP contribution is 2.30. The lowest BCUT2D eigenvalue weighted by Gasteiger charge is -2.35. The number of benzene rings is 1. The van der Waals surface area contributed by atoms with Gasteiger partial charge in [0.15, 0.2) is 0 Å². The fourth-order valence-electron chi connectivity index (χ4n) is 3.53. The molecule has 0 saturated carbocycles. The maximum Gasteiger partial charge on any atom is 0.269 e. The van der Waals surface area contributed by atoms with Gasteiger partial charge >= 0.3 is 0 Å². The van der Waals surface area contributed by atoms with E-state index in [1.165, 1.54) is 12.1 Å². The summed E-state index contributed by atoms with van der Waals surface area (Å²) in [6, 6.07) is 11.8. The summed E-state index contributed by atoms with van der Waals surface area (Å²) < 4.78 is 25.9. The lowest BCUT2D eigenvalue weighted by molar-refractivity contribution is -0.131. The van der Waals surface area contributed by atoms with E-state index in [1.807, 2.05) is 18.2 Å². The topological polar surface area (TPSA) is 90.9 Å². The number of carbonyl (C=O) groups excluding carboxylic acids is 2. The van der Waals surface area contributed by atoms with Gasteiger partial charge in [0.1, 0.15) is 10.7 Å². The molecule has 2 aliphatic heterocycles. The monoisotopic (exact) mass is 400 g/mol. The fourth-order valence-corrected chi connectivity index (χ4v) is 5.10. The van der Waals surface area contributed by atoms with Crippen LogP contribution in [-0.2, 0) is 14.8 Å². The molecule has 146 valence electrons. The molecule has 4 rings (SSSR count). The van der Waals surface area contributed by atoms with Gasteiger partial charge in [0.2, 0.25) is 5.91 Å². The van der Waals surface area contributed by atoms with Crippen molar-refractivity contribution in [3.63, 3.8) is 0 Å². The quantitative estimate of drug-likeness (QED) is 0.759. The third kappa shape index (κ3) is 3.22. The molecule has 0 bridgehead atoms. The van der Waals surface area contributed by atoms with Crippen molar-refractivity contribution < 1.29 is 18.0 Å². The molecule has 0 radical (unpaired) electrons. The summed E-state index contributed by atoms with van der Waals surface area (Å²) in [5.41, 5.74) is 0.166. The molecule has 0 N–H and O–H groups in total. The average molecular weight is 400 g/mol. The number of hydrogen-bond donors (Lipinski definition) is 0. The van der Waals surface area contributed by atoms with E-state index in [4.69, 9.17) is 0 Å². The van der Waals surface area contributed by atoms with Crippen LogP contribution in [0.15, 0.2) is 53.6 Å². The van der Waals surface area contributed by atoms with Gasteiger partial charge in [-0.05, 0) is 24.3 Å². The summed E-state index contributed by atoms with van der Waals surface area (Å²) in [7, 11) is -3.87. The number of amides is 2. The molecule has 1 aromatic carbocycles. The van der Waals surface area contributed by atoms with Crippen molar-refractivity contribution >= 4 is 27.7 Å². The first-order chi connectivity index (χ1) is 13.5. The maximum atomic E-state index is 12.5. The number of sulfonamides is 1. The van der Waals surface area contributed by atoms with Crippen LogP contribution in [0, 0.1) is 0 Å². The van der Waals surface area contributed by atoms with Crippen LogP contribution in [0.4, 0.5) is 5.82 Å². The van der Waals surface area contributed by atoms with Gasteiger partial charge < -0.3 is 9.80 Å². The molecule has 2 aliphatic rings. The lowest BCUT2D eigenvalue weighted by Crippen LogP contribution is -2.49. The lowest BCUT2D eigenvalue weighted by atomic mass is 10.2. The van der Waals surface area contributed by atoms with E-state index in [0.717, 1.165) is 10.1 Å². The maximum absolute atomic E-state index is 12.5. The first-order valence-electron chi connectivity index (χ1n) is 9.08. The molecule has 3 heterocycles. The number of anilines is 1. The number of piperazine rings is 1. The highest BCUT2D eigenvalue weighted by Gasteiger charge is 2.40. The van der Waals surface area contributed by atoms with Crippen LogP contribution in [0.2, 0.25) is 0 Å². The molecule has 28 heavy (non-hydrogen) atoms. The predicted octanol–water partition coefficient (Wildman–Crippen LogP) is 0.965. The summed E-state index contributed by atoms with van der Waals surface area (Å²) in [6.45, 7) is 2.26. The molecule has 1 saturated heterocycles. The summed E-state index contributed by atoms with van der Waals surface area (Å²) in [6.07, 6.45) is 1.71. The SMILES string of the molecule is O=C(CCN1C(=O)c2ccccc2S1(=O)=O)N1CCN(c2ccccn2)CC1. The molecule has 2 amide bonds. The molecule has 1 aromatic heterocycles. The molecule has 0 aliphatic carbocycles. The van der Waals surface area contributed by atoms with Gasteiger partial charge in [-0.1, -0.05) is 18.2 Å². The Morgan fingerprint density at radius 3 is 2.39 bits per heavy atom. The largest absolute Gasteiger partial charge is 0.353 e. The van der Waals surface area contributed by atoms with E-state index in [0.29, 0.717) is 26.2 Å². The first kappa shape index (κ1) is 18.4. The smallest absolute Gasteiger partial charge is 0.269 e. The summed E-state index contributed by atoms with van der Waals surface area (Å²) in [5, 5.41) is 0. The second-order valence-corrected chi connectivity index (χ2v) is 8.51. The zero-order valence-corrected chi connectivity index (χ0v) is 16.0. The average Bonchev–Trinajstić information content (AvgIpc) is 2.93. The van der Waals surface area contributed by atoms with Crippen molar-refractivity contribution in [2.24, 2.45) is 0 Å². The third-order valence-corrected chi connectivity index (χ3v) is 6.89. The van der Waals surface area contributed by atoms with Crippen LogP contribution < -0.4 is 4.90 Å². The van der Waals surface area contributed by atoms with Gasteiger partial charge in [-0.2, -0.15) is 0 Å². The van der Waals surface area contributed by atoms with Crippen molar-refractivity contribution in [3.05, 3.63) is 54.2 Å². The van der Waals surface area contributed by atoms with Crippen molar-refractivity contribution in [3.8, 4) is 0 Å². The minimum atomic E-state index is -3.87. The van der Waals surface area contributed by atoms with Crippen LogP contribution in [0.3, 0.4) is 0 Å². The van der Waals surface area contributed by atoms with Gasteiger partial charge in [-0.15, -0.1) is 0 Å². The van der Waals surface area contributed by atoms with E-state index in [2.05, 4.69) is 9.88 Å². The highest BCUT2D eigenvalue weighted by molar-refractivity contribution is 7.90. The molecule has 8 nitrogen and oxygen atoms in total. The Morgan fingerprint density at radius 2 is 1.71 bits per heavy atom. The molecule has 0 spiro atoms. The summed E-state index contributed by atoms with van der Waals surface area (Å²) in [5.74, 6) is 0.157. The summed E-state index contributed by atoms with van der Waals surface area (Å²) >= 11 is 0. The molecule has 0 atom stereocenters. The number of aromatic nitrogens is 1. The Balaban J connectivity index is 1.35.